The van der Waals surface area contributed by atoms with Gasteiger partial charge in [0.15, 0.2) is 6.10 Å². The van der Waals surface area contributed by atoms with Crippen LogP contribution in [0.5, 0.6) is 5.75 Å². The highest BCUT2D eigenvalue weighted by molar-refractivity contribution is 6.32. The van der Waals surface area contributed by atoms with Crippen molar-refractivity contribution in [2.45, 2.75) is 52.3 Å². The average molecular weight is 313 g/mol. The number of nitrogens with one attached hydrogen (secondary N) is 2. The van der Waals surface area contributed by atoms with E-state index >= 15 is 0 Å². The lowest BCUT2D eigenvalue weighted by Gasteiger charge is -2.26. The van der Waals surface area contributed by atoms with Gasteiger partial charge < -0.3 is 15.4 Å². The summed E-state index contributed by atoms with van der Waals surface area (Å²) < 4.78 is 5.67. The molecule has 0 aliphatic rings. The zero-order chi connectivity index (χ0) is 16.0. The van der Waals surface area contributed by atoms with E-state index in [1.165, 1.54) is 0 Å². The molecule has 5 heteroatoms. The second-order valence-corrected chi connectivity index (χ2v) is 6.19. The van der Waals surface area contributed by atoms with Gasteiger partial charge in [0, 0.05) is 12.1 Å². The summed E-state index contributed by atoms with van der Waals surface area (Å²) in [6, 6.07) is 5.57. The molecule has 1 aromatic carbocycles. The SMILES string of the molecule is CCC(C)(C)NC(=O)C(C)Oc1ccc(CNC)cc1Cl. The maximum atomic E-state index is 12.1. The normalized spacial score (nSPS) is 12.9. The highest BCUT2D eigenvalue weighted by Gasteiger charge is 2.23. The minimum Gasteiger partial charge on any atom is -0.479 e. The molecule has 0 fully saturated rings. The molecule has 1 atom stereocenters. The summed E-state index contributed by atoms with van der Waals surface area (Å²) in [5, 5.41) is 6.53. The van der Waals surface area contributed by atoms with Crippen molar-refractivity contribution < 1.29 is 9.53 Å². The fraction of sp³-hybridized carbons (Fsp3) is 0.562. The molecular weight excluding hydrogens is 288 g/mol. The molecule has 21 heavy (non-hydrogen) atoms. The fourth-order valence-electron chi connectivity index (χ4n) is 1.72. The van der Waals surface area contributed by atoms with E-state index < -0.39 is 6.10 Å². The Hall–Kier alpha value is -1.26. The Labute approximate surface area is 132 Å². The third kappa shape index (κ3) is 5.56. The zero-order valence-electron chi connectivity index (χ0n) is 13.4. The lowest BCUT2D eigenvalue weighted by atomic mass is 10.0. The van der Waals surface area contributed by atoms with Crippen LogP contribution in [0.3, 0.4) is 0 Å². The molecule has 0 aliphatic heterocycles. The molecule has 1 unspecified atom stereocenters. The molecule has 0 heterocycles. The Kier molecular flexibility index (Phi) is 6.49. The Morgan fingerprint density at radius 1 is 1.43 bits per heavy atom. The van der Waals surface area contributed by atoms with Gasteiger partial charge in [-0.2, -0.15) is 0 Å². The first-order valence-corrected chi connectivity index (χ1v) is 7.58. The summed E-state index contributed by atoms with van der Waals surface area (Å²) in [5.74, 6) is 0.380. The van der Waals surface area contributed by atoms with Crippen molar-refractivity contribution in [2.75, 3.05) is 7.05 Å². The number of halogens is 1. The Morgan fingerprint density at radius 3 is 2.62 bits per heavy atom. The highest BCUT2D eigenvalue weighted by Crippen LogP contribution is 2.26. The number of hydrogen-bond acceptors (Lipinski definition) is 3. The van der Waals surface area contributed by atoms with Gasteiger partial charge in [0.2, 0.25) is 0 Å². The largest absolute Gasteiger partial charge is 0.479 e. The van der Waals surface area contributed by atoms with Crippen LogP contribution < -0.4 is 15.4 Å². The van der Waals surface area contributed by atoms with Gasteiger partial charge >= 0.3 is 0 Å². The summed E-state index contributed by atoms with van der Waals surface area (Å²) in [5.41, 5.74) is 0.828. The van der Waals surface area contributed by atoms with Gasteiger partial charge in [0.1, 0.15) is 5.75 Å². The molecule has 0 saturated heterocycles. The van der Waals surface area contributed by atoms with Gasteiger partial charge in [-0.25, -0.2) is 0 Å². The fourth-order valence-corrected chi connectivity index (χ4v) is 1.97. The number of ether oxygens (including phenoxy) is 1. The number of carbonyl (C=O) groups excluding carboxylic acids is 1. The molecule has 4 nitrogen and oxygen atoms in total. The molecule has 1 amide bonds. The minimum atomic E-state index is -0.594. The first-order chi connectivity index (χ1) is 9.79. The predicted octanol–water partition coefficient (Wildman–Crippen LogP) is 3.13. The second-order valence-electron chi connectivity index (χ2n) is 5.78. The van der Waals surface area contributed by atoms with Crippen LogP contribution in [0.25, 0.3) is 0 Å². The van der Waals surface area contributed by atoms with Crippen LogP contribution in [0.4, 0.5) is 0 Å². The highest BCUT2D eigenvalue weighted by atomic mass is 35.5. The van der Waals surface area contributed by atoms with Crippen LogP contribution in [0.15, 0.2) is 18.2 Å². The van der Waals surface area contributed by atoms with Gasteiger partial charge in [-0.05, 0) is 51.9 Å². The van der Waals surface area contributed by atoms with Crippen LogP contribution in [0.1, 0.15) is 39.7 Å². The summed E-state index contributed by atoms with van der Waals surface area (Å²) in [4.78, 5) is 12.1. The third-order valence-electron chi connectivity index (χ3n) is 3.40. The van der Waals surface area contributed by atoms with E-state index in [1.807, 2.05) is 40.0 Å². The van der Waals surface area contributed by atoms with E-state index in [9.17, 15) is 4.79 Å². The molecule has 0 aliphatic carbocycles. The number of hydrogen-bond donors (Lipinski definition) is 2. The molecular formula is C16H25ClN2O2. The summed E-state index contributed by atoms with van der Waals surface area (Å²) in [6.45, 7) is 8.46. The van der Waals surface area contributed by atoms with Crippen molar-refractivity contribution in [1.82, 2.24) is 10.6 Å². The van der Waals surface area contributed by atoms with Crippen LogP contribution in [-0.4, -0.2) is 24.6 Å². The maximum absolute atomic E-state index is 12.1. The Morgan fingerprint density at radius 2 is 2.10 bits per heavy atom. The van der Waals surface area contributed by atoms with Crippen molar-refractivity contribution >= 4 is 17.5 Å². The lowest BCUT2D eigenvalue weighted by molar-refractivity contribution is -0.128. The monoisotopic (exact) mass is 312 g/mol. The first kappa shape index (κ1) is 17.8. The Bertz CT molecular complexity index is 489. The topological polar surface area (TPSA) is 50.4 Å². The number of carbonyl (C=O) groups is 1. The van der Waals surface area contributed by atoms with Crippen molar-refractivity contribution in [3.05, 3.63) is 28.8 Å². The van der Waals surface area contributed by atoms with E-state index in [0.717, 1.165) is 18.5 Å². The minimum absolute atomic E-state index is 0.141. The van der Waals surface area contributed by atoms with E-state index in [4.69, 9.17) is 16.3 Å². The molecule has 0 aromatic heterocycles. The Balaban J connectivity index is 2.70. The lowest BCUT2D eigenvalue weighted by Crippen LogP contribution is -2.48. The van der Waals surface area contributed by atoms with Gasteiger partial charge in [0.05, 0.1) is 5.02 Å². The van der Waals surface area contributed by atoms with Crippen LogP contribution in [0, 0.1) is 0 Å². The summed E-state index contributed by atoms with van der Waals surface area (Å²) >= 11 is 6.19. The second kappa shape index (κ2) is 7.66. The van der Waals surface area contributed by atoms with Crippen LogP contribution in [-0.2, 0) is 11.3 Å². The standard InChI is InChI=1S/C16H25ClN2O2/c1-6-16(3,4)19-15(20)11(2)21-14-8-7-12(10-18-5)9-13(14)17/h7-9,11,18H,6,10H2,1-5H3,(H,19,20). The number of amides is 1. The quantitative estimate of drug-likeness (QED) is 0.813. The maximum Gasteiger partial charge on any atom is 0.261 e. The van der Waals surface area contributed by atoms with Crippen molar-refractivity contribution in [3.63, 3.8) is 0 Å². The zero-order valence-corrected chi connectivity index (χ0v) is 14.2. The first-order valence-electron chi connectivity index (χ1n) is 7.20. The molecule has 0 radical (unpaired) electrons. The molecule has 2 N–H and O–H groups in total. The van der Waals surface area contributed by atoms with Crippen molar-refractivity contribution in [1.29, 1.82) is 0 Å². The average Bonchev–Trinajstić information content (AvgIpc) is 2.41. The summed E-state index contributed by atoms with van der Waals surface area (Å²) in [7, 11) is 1.88. The molecule has 1 aromatic rings. The number of benzene rings is 1. The van der Waals surface area contributed by atoms with Crippen LogP contribution in [0.2, 0.25) is 5.02 Å². The predicted molar refractivity (Wildman–Crippen MR) is 86.8 cm³/mol. The molecule has 0 bridgehead atoms. The molecule has 118 valence electrons. The molecule has 0 saturated carbocycles. The van der Waals surface area contributed by atoms with E-state index in [2.05, 4.69) is 10.6 Å². The third-order valence-corrected chi connectivity index (χ3v) is 3.69. The van der Waals surface area contributed by atoms with Crippen molar-refractivity contribution in [3.8, 4) is 5.75 Å². The molecule has 1 rings (SSSR count). The van der Waals surface area contributed by atoms with E-state index in [-0.39, 0.29) is 11.4 Å². The van der Waals surface area contributed by atoms with E-state index in [0.29, 0.717) is 10.8 Å². The number of rotatable bonds is 7. The van der Waals surface area contributed by atoms with Gasteiger partial charge in [0.25, 0.3) is 5.91 Å². The van der Waals surface area contributed by atoms with E-state index in [1.54, 1.807) is 13.0 Å². The van der Waals surface area contributed by atoms with Gasteiger partial charge in [-0.15, -0.1) is 0 Å². The van der Waals surface area contributed by atoms with Gasteiger partial charge in [-0.3, -0.25) is 4.79 Å². The van der Waals surface area contributed by atoms with Crippen LogP contribution >= 0.6 is 11.6 Å². The summed E-state index contributed by atoms with van der Waals surface area (Å²) in [6.07, 6.45) is 0.258. The smallest absolute Gasteiger partial charge is 0.261 e. The molecule has 0 spiro atoms. The van der Waals surface area contributed by atoms with Crippen molar-refractivity contribution in [2.24, 2.45) is 0 Å². The van der Waals surface area contributed by atoms with Gasteiger partial charge in [-0.1, -0.05) is 24.6 Å².